The number of hydrazone groups is 1. The van der Waals surface area contributed by atoms with E-state index in [-0.39, 0.29) is 17.2 Å². The maximum Gasteiger partial charge on any atom is 0.345 e. The van der Waals surface area contributed by atoms with Crippen LogP contribution in [-0.2, 0) is 4.79 Å². The van der Waals surface area contributed by atoms with E-state index in [2.05, 4.69) is 20.7 Å². The third-order valence-electron chi connectivity index (χ3n) is 4.73. The summed E-state index contributed by atoms with van der Waals surface area (Å²) < 4.78 is 7.23. The third-order valence-corrected chi connectivity index (χ3v) is 5.99. The SMILES string of the molecule is Cc1nnc(SCC(=O)N/N=C\c2ccc(OC(=O)c3ccccc3Cl)cc2)n1-c1ccccc1. The molecule has 3 aromatic carbocycles. The Bertz CT molecular complexity index is 1360. The van der Waals surface area contributed by atoms with Crippen molar-refractivity contribution < 1.29 is 14.3 Å². The second-order valence-corrected chi connectivity index (χ2v) is 8.57. The molecule has 10 heteroatoms. The highest BCUT2D eigenvalue weighted by atomic mass is 35.5. The van der Waals surface area contributed by atoms with Crippen LogP contribution in [-0.4, -0.2) is 38.6 Å². The number of rotatable bonds is 8. The molecule has 0 atom stereocenters. The predicted molar refractivity (Wildman–Crippen MR) is 135 cm³/mol. The number of ether oxygens (including phenoxy) is 1. The second kappa shape index (κ2) is 11.5. The standard InChI is InChI=1S/C25H20ClN5O3S/c1-17-28-30-25(31(17)19-7-3-2-4-8-19)35-16-23(32)29-27-15-18-11-13-20(14-12-18)34-24(33)21-9-5-6-10-22(21)26/h2-15H,16H2,1H3,(H,29,32)/b27-15-. The number of benzene rings is 3. The lowest BCUT2D eigenvalue weighted by Crippen LogP contribution is -2.20. The number of halogens is 1. The zero-order valence-electron chi connectivity index (χ0n) is 18.6. The van der Waals surface area contributed by atoms with Gasteiger partial charge < -0.3 is 4.74 Å². The highest BCUT2D eigenvalue weighted by Gasteiger charge is 2.13. The van der Waals surface area contributed by atoms with Gasteiger partial charge in [0.2, 0.25) is 0 Å². The molecule has 8 nitrogen and oxygen atoms in total. The molecule has 4 aromatic rings. The number of amides is 1. The Labute approximate surface area is 211 Å². The first-order valence-corrected chi connectivity index (χ1v) is 11.9. The molecule has 0 bridgehead atoms. The van der Waals surface area contributed by atoms with Crippen LogP contribution in [0.1, 0.15) is 21.7 Å². The first-order valence-electron chi connectivity index (χ1n) is 10.5. The molecule has 1 amide bonds. The lowest BCUT2D eigenvalue weighted by molar-refractivity contribution is -0.118. The van der Waals surface area contributed by atoms with Crippen LogP contribution in [0.3, 0.4) is 0 Å². The molecule has 0 saturated carbocycles. The summed E-state index contributed by atoms with van der Waals surface area (Å²) in [7, 11) is 0. The summed E-state index contributed by atoms with van der Waals surface area (Å²) in [5, 5.41) is 13.2. The van der Waals surface area contributed by atoms with Gasteiger partial charge in [0.05, 0.1) is 22.6 Å². The average molecular weight is 506 g/mol. The van der Waals surface area contributed by atoms with E-state index in [4.69, 9.17) is 16.3 Å². The highest BCUT2D eigenvalue weighted by Crippen LogP contribution is 2.21. The molecule has 0 aliphatic rings. The molecule has 1 aromatic heterocycles. The van der Waals surface area contributed by atoms with Crippen LogP contribution in [0, 0.1) is 6.92 Å². The van der Waals surface area contributed by atoms with Crippen LogP contribution in [0.4, 0.5) is 0 Å². The van der Waals surface area contributed by atoms with E-state index in [9.17, 15) is 9.59 Å². The number of thioether (sulfide) groups is 1. The van der Waals surface area contributed by atoms with E-state index in [1.54, 1.807) is 48.5 Å². The summed E-state index contributed by atoms with van der Waals surface area (Å²) in [5.74, 6) is 0.402. The Hall–Kier alpha value is -3.95. The number of aromatic nitrogens is 3. The van der Waals surface area contributed by atoms with Crippen molar-refractivity contribution in [3.05, 3.63) is 101 Å². The number of aryl methyl sites for hydroxylation is 1. The number of hydrogen-bond acceptors (Lipinski definition) is 7. The molecule has 1 N–H and O–H groups in total. The van der Waals surface area contributed by atoms with Crippen molar-refractivity contribution in [2.45, 2.75) is 12.1 Å². The number of hydrogen-bond donors (Lipinski definition) is 1. The van der Waals surface area contributed by atoms with Crippen molar-refractivity contribution in [1.29, 1.82) is 0 Å². The van der Waals surface area contributed by atoms with Crippen LogP contribution >= 0.6 is 23.4 Å². The first kappa shape index (κ1) is 24.2. The van der Waals surface area contributed by atoms with Gasteiger partial charge >= 0.3 is 5.97 Å². The van der Waals surface area contributed by atoms with E-state index >= 15 is 0 Å². The zero-order chi connectivity index (χ0) is 24.6. The number of para-hydroxylation sites is 1. The third kappa shape index (κ3) is 6.34. The molecule has 0 saturated heterocycles. The van der Waals surface area contributed by atoms with E-state index in [0.717, 1.165) is 17.1 Å². The number of nitrogens with zero attached hydrogens (tertiary/aromatic N) is 4. The van der Waals surface area contributed by atoms with Crippen LogP contribution in [0.5, 0.6) is 5.75 Å². The quantitative estimate of drug-likeness (QED) is 0.123. The Morgan fingerprint density at radius 3 is 2.49 bits per heavy atom. The van der Waals surface area contributed by atoms with Gasteiger partial charge in [0, 0.05) is 5.69 Å². The van der Waals surface area contributed by atoms with Crippen LogP contribution in [0.25, 0.3) is 5.69 Å². The van der Waals surface area contributed by atoms with Crippen LogP contribution in [0.15, 0.2) is 89.1 Å². The molecule has 0 radical (unpaired) electrons. The van der Waals surface area contributed by atoms with E-state index in [1.807, 2.05) is 41.8 Å². The predicted octanol–water partition coefficient (Wildman–Crippen LogP) is 4.69. The molecule has 4 rings (SSSR count). The van der Waals surface area contributed by atoms with Gasteiger partial charge in [-0.05, 0) is 61.0 Å². The van der Waals surface area contributed by atoms with Crippen LogP contribution < -0.4 is 10.2 Å². The maximum atomic E-state index is 12.2. The van der Waals surface area contributed by atoms with E-state index in [0.29, 0.717) is 15.9 Å². The van der Waals surface area contributed by atoms with E-state index < -0.39 is 5.97 Å². The van der Waals surface area contributed by atoms with E-state index in [1.165, 1.54) is 18.0 Å². The normalized spacial score (nSPS) is 10.9. The molecule has 176 valence electrons. The number of nitrogens with one attached hydrogen (secondary N) is 1. The summed E-state index contributed by atoms with van der Waals surface area (Å²) in [6.07, 6.45) is 1.50. The molecule has 0 fully saturated rings. The lowest BCUT2D eigenvalue weighted by atomic mass is 10.2. The van der Waals surface area contributed by atoms with Gasteiger partial charge in [-0.15, -0.1) is 10.2 Å². The molecule has 0 unspecified atom stereocenters. The summed E-state index contributed by atoms with van der Waals surface area (Å²) in [5.41, 5.74) is 4.43. The minimum atomic E-state index is -0.542. The molecule has 35 heavy (non-hydrogen) atoms. The van der Waals surface area contributed by atoms with Gasteiger partial charge in [-0.1, -0.05) is 53.7 Å². The fraction of sp³-hybridized carbons (Fsp3) is 0.0800. The fourth-order valence-corrected chi connectivity index (χ4v) is 4.07. The second-order valence-electron chi connectivity index (χ2n) is 7.22. The summed E-state index contributed by atoms with van der Waals surface area (Å²) in [4.78, 5) is 24.5. The minimum Gasteiger partial charge on any atom is -0.423 e. The Kier molecular flexibility index (Phi) is 7.92. The van der Waals surface area contributed by atoms with Gasteiger partial charge in [0.25, 0.3) is 5.91 Å². The average Bonchev–Trinajstić information content (AvgIpc) is 3.24. The Morgan fingerprint density at radius 1 is 1.03 bits per heavy atom. The number of carbonyl (C=O) groups excluding carboxylic acids is 2. The molecular formula is C25H20ClN5O3S. The Balaban J connectivity index is 1.28. The number of carbonyl (C=O) groups is 2. The summed E-state index contributed by atoms with van der Waals surface area (Å²) in [6.45, 7) is 1.86. The minimum absolute atomic E-state index is 0.124. The lowest BCUT2D eigenvalue weighted by Gasteiger charge is -2.07. The smallest absolute Gasteiger partial charge is 0.345 e. The molecule has 0 aliphatic heterocycles. The van der Waals surface area contributed by atoms with Crippen molar-refractivity contribution in [3.8, 4) is 11.4 Å². The van der Waals surface area contributed by atoms with Crippen molar-refractivity contribution in [1.82, 2.24) is 20.2 Å². The van der Waals surface area contributed by atoms with Crippen molar-refractivity contribution >= 4 is 41.5 Å². The monoisotopic (exact) mass is 505 g/mol. The van der Waals surface area contributed by atoms with Gasteiger partial charge in [-0.3, -0.25) is 9.36 Å². The summed E-state index contributed by atoms with van der Waals surface area (Å²) in [6, 6.07) is 23.1. The molecule has 0 spiro atoms. The van der Waals surface area contributed by atoms with Gasteiger partial charge in [-0.25, -0.2) is 10.2 Å². The zero-order valence-corrected chi connectivity index (χ0v) is 20.2. The molecule has 1 heterocycles. The summed E-state index contributed by atoms with van der Waals surface area (Å²) >= 11 is 7.29. The largest absolute Gasteiger partial charge is 0.423 e. The maximum absolute atomic E-state index is 12.2. The first-order chi connectivity index (χ1) is 17.0. The fourth-order valence-electron chi connectivity index (χ4n) is 3.06. The molecular weight excluding hydrogens is 486 g/mol. The van der Waals surface area contributed by atoms with Crippen LogP contribution in [0.2, 0.25) is 5.02 Å². The Morgan fingerprint density at radius 2 is 1.74 bits per heavy atom. The highest BCUT2D eigenvalue weighted by molar-refractivity contribution is 7.99. The van der Waals surface area contributed by atoms with Crippen molar-refractivity contribution in [2.75, 3.05) is 5.75 Å². The topological polar surface area (TPSA) is 98.5 Å². The van der Waals surface area contributed by atoms with Gasteiger partial charge in [0.1, 0.15) is 11.6 Å². The van der Waals surface area contributed by atoms with Gasteiger partial charge in [-0.2, -0.15) is 5.10 Å². The van der Waals surface area contributed by atoms with Gasteiger partial charge in [0.15, 0.2) is 5.16 Å². The number of esters is 1. The van der Waals surface area contributed by atoms with Crippen molar-refractivity contribution in [3.63, 3.8) is 0 Å². The molecule has 0 aliphatic carbocycles. The van der Waals surface area contributed by atoms with Crippen molar-refractivity contribution in [2.24, 2.45) is 5.10 Å².